The predicted octanol–water partition coefficient (Wildman–Crippen LogP) is 2.63. The number of amides is 1. The molecule has 142 valence electrons. The van der Waals surface area contributed by atoms with Crippen molar-refractivity contribution in [3.63, 3.8) is 0 Å². The van der Waals surface area contributed by atoms with Crippen LogP contribution in [0.25, 0.3) is 0 Å². The Morgan fingerprint density at radius 3 is 2.38 bits per heavy atom. The molecule has 5 heteroatoms. The number of nitrogens with one attached hydrogen (secondary N) is 1. The van der Waals surface area contributed by atoms with E-state index in [2.05, 4.69) is 41.4 Å². The number of hydrogen-bond acceptors (Lipinski definition) is 3. The molecule has 0 atom stereocenters. The third-order valence-corrected chi connectivity index (χ3v) is 5.59. The van der Waals surface area contributed by atoms with Crippen LogP contribution in [0.15, 0.2) is 24.3 Å². The van der Waals surface area contributed by atoms with Crippen LogP contribution in [0.5, 0.6) is 0 Å². The summed E-state index contributed by atoms with van der Waals surface area (Å²) < 4.78 is 0. The highest BCUT2D eigenvalue weighted by molar-refractivity contribution is 5.76. The highest BCUT2D eigenvalue weighted by Crippen LogP contribution is 2.33. The van der Waals surface area contributed by atoms with E-state index in [4.69, 9.17) is 5.11 Å². The summed E-state index contributed by atoms with van der Waals surface area (Å²) in [7, 11) is 0. The van der Waals surface area contributed by atoms with Crippen LogP contribution < -0.4 is 5.32 Å². The molecule has 0 spiro atoms. The van der Waals surface area contributed by atoms with Gasteiger partial charge in [0, 0.05) is 25.0 Å². The number of aryl methyl sites for hydroxylation is 2. The lowest BCUT2D eigenvalue weighted by Crippen LogP contribution is -2.55. The topological polar surface area (TPSA) is 69.6 Å². The second kappa shape index (κ2) is 8.67. The first-order chi connectivity index (χ1) is 12.5. The third-order valence-electron chi connectivity index (χ3n) is 5.59. The zero-order valence-corrected chi connectivity index (χ0v) is 15.6. The van der Waals surface area contributed by atoms with Gasteiger partial charge in [-0.15, -0.1) is 0 Å². The fourth-order valence-electron chi connectivity index (χ4n) is 3.65. The van der Waals surface area contributed by atoms with E-state index in [1.165, 1.54) is 24.0 Å². The van der Waals surface area contributed by atoms with Gasteiger partial charge in [-0.2, -0.15) is 0 Å². The normalized spacial score (nSPS) is 22.1. The minimum Gasteiger partial charge on any atom is -0.480 e. The van der Waals surface area contributed by atoms with Gasteiger partial charge >= 0.3 is 5.97 Å². The zero-order valence-electron chi connectivity index (χ0n) is 15.6. The number of nitrogens with zero attached hydrogens (tertiary/aromatic N) is 1. The molecule has 1 aromatic carbocycles. The van der Waals surface area contributed by atoms with Gasteiger partial charge in [-0.1, -0.05) is 31.2 Å². The van der Waals surface area contributed by atoms with E-state index < -0.39 is 5.97 Å². The molecule has 2 fully saturated rings. The standard InChI is InChI=1S/C21H30N2O3/c1-2-15-3-5-16(6-4-15)9-10-20(24)22-18-11-19(12-18)23(14-21(25)26)13-17-7-8-17/h3-6,17-19H,2,7-14H2,1H3,(H,22,24)(H,25,26). The Kier molecular flexibility index (Phi) is 6.30. The Morgan fingerprint density at radius 2 is 1.81 bits per heavy atom. The Balaban J connectivity index is 1.37. The maximum atomic E-state index is 12.2. The van der Waals surface area contributed by atoms with E-state index in [0.717, 1.165) is 32.2 Å². The highest BCUT2D eigenvalue weighted by atomic mass is 16.4. The Bertz CT molecular complexity index is 619. The lowest BCUT2D eigenvalue weighted by Gasteiger charge is -2.42. The summed E-state index contributed by atoms with van der Waals surface area (Å²) in [4.78, 5) is 25.3. The van der Waals surface area contributed by atoms with E-state index >= 15 is 0 Å². The first kappa shape index (κ1) is 18.9. The van der Waals surface area contributed by atoms with Crippen molar-refractivity contribution >= 4 is 11.9 Å². The fourth-order valence-corrected chi connectivity index (χ4v) is 3.65. The number of rotatable bonds is 10. The third kappa shape index (κ3) is 5.56. The average Bonchev–Trinajstić information content (AvgIpc) is 3.39. The number of carboxylic acids is 1. The van der Waals surface area contributed by atoms with Gasteiger partial charge in [0.15, 0.2) is 0 Å². The molecule has 0 heterocycles. The number of aliphatic carboxylic acids is 1. The summed E-state index contributed by atoms with van der Waals surface area (Å²) in [6, 6.07) is 8.96. The van der Waals surface area contributed by atoms with Crippen LogP contribution in [0.2, 0.25) is 0 Å². The molecule has 1 aromatic rings. The maximum Gasteiger partial charge on any atom is 0.317 e. The SMILES string of the molecule is CCc1ccc(CCC(=O)NC2CC(N(CC(=O)O)CC3CC3)C2)cc1. The van der Waals surface area contributed by atoms with Crippen molar-refractivity contribution in [2.75, 3.05) is 13.1 Å². The fraction of sp³-hybridized carbons (Fsp3) is 0.619. The molecule has 0 radical (unpaired) electrons. The number of carboxylic acid groups (broad SMARTS) is 1. The highest BCUT2D eigenvalue weighted by Gasteiger charge is 2.37. The van der Waals surface area contributed by atoms with Gasteiger partial charge in [-0.3, -0.25) is 14.5 Å². The van der Waals surface area contributed by atoms with Crippen LogP contribution in [-0.4, -0.2) is 47.1 Å². The number of carbonyl (C=O) groups is 2. The largest absolute Gasteiger partial charge is 0.480 e. The molecule has 3 rings (SSSR count). The Labute approximate surface area is 155 Å². The van der Waals surface area contributed by atoms with E-state index in [9.17, 15) is 9.59 Å². The summed E-state index contributed by atoms with van der Waals surface area (Å²) in [6.07, 6.45) is 6.49. The average molecular weight is 358 g/mol. The predicted molar refractivity (Wildman–Crippen MR) is 101 cm³/mol. The maximum absolute atomic E-state index is 12.2. The molecule has 0 unspecified atom stereocenters. The molecule has 5 nitrogen and oxygen atoms in total. The van der Waals surface area contributed by atoms with Gasteiger partial charge in [0.05, 0.1) is 6.54 Å². The second-order valence-electron chi connectivity index (χ2n) is 7.83. The van der Waals surface area contributed by atoms with Crippen molar-refractivity contribution in [2.24, 2.45) is 5.92 Å². The van der Waals surface area contributed by atoms with Crippen molar-refractivity contribution in [1.29, 1.82) is 0 Å². The molecule has 26 heavy (non-hydrogen) atoms. The first-order valence-corrected chi connectivity index (χ1v) is 9.86. The number of benzene rings is 1. The van der Waals surface area contributed by atoms with Crippen LogP contribution in [-0.2, 0) is 22.4 Å². The van der Waals surface area contributed by atoms with Gasteiger partial charge < -0.3 is 10.4 Å². The summed E-state index contributed by atoms with van der Waals surface area (Å²) in [5.74, 6) is 0.0225. The quantitative estimate of drug-likeness (QED) is 0.675. The molecule has 2 aliphatic rings. The Morgan fingerprint density at radius 1 is 1.15 bits per heavy atom. The molecular formula is C21H30N2O3. The lowest BCUT2D eigenvalue weighted by molar-refractivity contribution is -0.140. The van der Waals surface area contributed by atoms with E-state index in [1.54, 1.807) is 0 Å². The van der Waals surface area contributed by atoms with Crippen molar-refractivity contribution in [3.8, 4) is 0 Å². The first-order valence-electron chi connectivity index (χ1n) is 9.86. The summed E-state index contributed by atoms with van der Waals surface area (Å²) in [6.45, 7) is 3.15. The lowest BCUT2D eigenvalue weighted by atomic mass is 9.85. The summed E-state index contributed by atoms with van der Waals surface area (Å²) in [5, 5.41) is 12.2. The smallest absolute Gasteiger partial charge is 0.317 e. The summed E-state index contributed by atoms with van der Waals surface area (Å²) in [5.41, 5.74) is 2.51. The molecule has 2 saturated carbocycles. The number of hydrogen-bond donors (Lipinski definition) is 2. The van der Waals surface area contributed by atoms with Gasteiger partial charge in [0.25, 0.3) is 0 Å². The van der Waals surface area contributed by atoms with Crippen molar-refractivity contribution in [1.82, 2.24) is 10.2 Å². The summed E-state index contributed by atoms with van der Waals surface area (Å²) >= 11 is 0. The van der Waals surface area contributed by atoms with Gasteiger partial charge in [0.2, 0.25) is 5.91 Å². The van der Waals surface area contributed by atoms with Crippen molar-refractivity contribution in [2.45, 2.75) is 64.0 Å². The number of carbonyl (C=O) groups excluding carboxylic acids is 1. The van der Waals surface area contributed by atoms with Crippen LogP contribution in [0.3, 0.4) is 0 Å². The minimum absolute atomic E-state index is 0.0972. The Hall–Kier alpha value is -1.88. The van der Waals surface area contributed by atoms with Crippen LogP contribution in [0.4, 0.5) is 0 Å². The van der Waals surface area contributed by atoms with Gasteiger partial charge in [0.1, 0.15) is 0 Å². The molecule has 0 bridgehead atoms. The van der Waals surface area contributed by atoms with Gasteiger partial charge in [-0.25, -0.2) is 0 Å². The van der Waals surface area contributed by atoms with E-state index in [1.807, 2.05) is 0 Å². The molecule has 0 aromatic heterocycles. The molecule has 1 amide bonds. The van der Waals surface area contributed by atoms with Crippen LogP contribution in [0, 0.1) is 5.92 Å². The van der Waals surface area contributed by atoms with Crippen LogP contribution >= 0.6 is 0 Å². The van der Waals surface area contributed by atoms with Gasteiger partial charge in [-0.05, 0) is 55.6 Å². The van der Waals surface area contributed by atoms with E-state index in [-0.39, 0.29) is 18.5 Å². The molecule has 2 N–H and O–H groups in total. The monoisotopic (exact) mass is 358 g/mol. The second-order valence-corrected chi connectivity index (χ2v) is 7.83. The van der Waals surface area contributed by atoms with Crippen molar-refractivity contribution < 1.29 is 14.7 Å². The molecule has 0 aliphatic heterocycles. The minimum atomic E-state index is -0.757. The molecule has 2 aliphatic carbocycles. The molecular weight excluding hydrogens is 328 g/mol. The van der Waals surface area contributed by atoms with Crippen LogP contribution in [0.1, 0.15) is 50.2 Å². The zero-order chi connectivity index (χ0) is 18.5. The van der Waals surface area contributed by atoms with E-state index in [0.29, 0.717) is 18.4 Å². The van der Waals surface area contributed by atoms with Crippen molar-refractivity contribution in [3.05, 3.63) is 35.4 Å². The molecule has 0 saturated heterocycles.